The first-order chi connectivity index (χ1) is 4.72. The molecule has 0 amide bonds. The van der Waals surface area contributed by atoms with Crippen molar-refractivity contribution >= 4 is 0 Å². The molecule has 0 aliphatic carbocycles. The van der Waals surface area contributed by atoms with E-state index in [-0.39, 0.29) is 0 Å². The molecule has 0 aromatic heterocycles. The molecule has 0 atom stereocenters. The molecular formula is C10H18. The van der Waals surface area contributed by atoms with Gasteiger partial charge in [-0.2, -0.15) is 0 Å². The molecule has 0 radical (unpaired) electrons. The molecule has 0 aliphatic rings. The molecule has 0 saturated carbocycles. The molecule has 0 bridgehead atoms. The zero-order valence-electron chi connectivity index (χ0n) is 7.41. The van der Waals surface area contributed by atoms with E-state index in [0.717, 1.165) is 0 Å². The Morgan fingerprint density at radius 2 is 2.00 bits per heavy atom. The molecule has 0 heterocycles. The van der Waals surface area contributed by atoms with Gasteiger partial charge in [0.25, 0.3) is 0 Å². The zero-order chi connectivity index (χ0) is 7.98. The van der Waals surface area contributed by atoms with Gasteiger partial charge < -0.3 is 0 Å². The number of allylic oxidation sites excluding steroid dienone is 3. The van der Waals surface area contributed by atoms with Crippen LogP contribution in [0.1, 0.15) is 40.0 Å². The fraction of sp³-hybridized carbons (Fsp3) is 0.600. The SMILES string of the molecule is C=C/C(C)=C(/C)CCCC. The van der Waals surface area contributed by atoms with Gasteiger partial charge in [-0.3, -0.25) is 0 Å². The standard InChI is InChI=1S/C10H18/c1-5-7-8-10(4)9(3)6-2/h6H,2,5,7-8H2,1,3-4H3/b10-9-. The highest BCUT2D eigenvalue weighted by Crippen LogP contribution is 2.11. The van der Waals surface area contributed by atoms with E-state index in [9.17, 15) is 0 Å². The molecule has 0 aromatic carbocycles. The maximum absolute atomic E-state index is 3.73. The van der Waals surface area contributed by atoms with Gasteiger partial charge in [0.1, 0.15) is 0 Å². The van der Waals surface area contributed by atoms with Crippen molar-refractivity contribution in [1.82, 2.24) is 0 Å². The van der Waals surface area contributed by atoms with Crippen LogP contribution in [0.4, 0.5) is 0 Å². The second-order valence-electron chi connectivity index (χ2n) is 2.77. The fourth-order valence-corrected chi connectivity index (χ4v) is 0.813. The van der Waals surface area contributed by atoms with Crippen molar-refractivity contribution in [1.29, 1.82) is 0 Å². The van der Waals surface area contributed by atoms with Crippen LogP contribution < -0.4 is 0 Å². The van der Waals surface area contributed by atoms with Crippen LogP contribution in [-0.4, -0.2) is 0 Å². The van der Waals surface area contributed by atoms with Crippen molar-refractivity contribution in [3.05, 3.63) is 23.8 Å². The minimum Gasteiger partial charge on any atom is -0.0988 e. The maximum atomic E-state index is 3.73. The summed E-state index contributed by atoms with van der Waals surface area (Å²) in [5.74, 6) is 0. The first kappa shape index (κ1) is 9.48. The number of hydrogen-bond donors (Lipinski definition) is 0. The van der Waals surface area contributed by atoms with E-state index in [1.54, 1.807) is 0 Å². The van der Waals surface area contributed by atoms with E-state index in [0.29, 0.717) is 0 Å². The lowest BCUT2D eigenvalue weighted by Crippen LogP contribution is -1.80. The van der Waals surface area contributed by atoms with E-state index in [2.05, 4.69) is 27.4 Å². The second-order valence-corrected chi connectivity index (χ2v) is 2.77. The van der Waals surface area contributed by atoms with Crippen LogP contribution >= 0.6 is 0 Å². The highest BCUT2D eigenvalue weighted by atomic mass is 14.0. The molecule has 0 nitrogen and oxygen atoms in total. The highest BCUT2D eigenvalue weighted by molar-refractivity contribution is 5.19. The van der Waals surface area contributed by atoms with Crippen molar-refractivity contribution < 1.29 is 0 Å². The quantitative estimate of drug-likeness (QED) is 0.520. The Balaban J connectivity index is 3.79. The maximum Gasteiger partial charge on any atom is -0.0317 e. The van der Waals surface area contributed by atoms with E-state index < -0.39 is 0 Å². The van der Waals surface area contributed by atoms with Gasteiger partial charge >= 0.3 is 0 Å². The molecule has 0 unspecified atom stereocenters. The van der Waals surface area contributed by atoms with Gasteiger partial charge in [0.15, 0.2) is 0 Å². The van der Waals surface area contributed by atoms with E-state index in [1.807, 2.05) is 6.08 Å². The van der Waals surface area contributed by atoms with Crippen LogP contribution in [0.25, 0.3) is 0 Å². The molecule has 0 N–H and O–H groups in total. The molecular weight excluding hydrogens is 120 g/mol. The Bertz CT molecular complexity index is 129. The average Bonchev–Trinajstić information content (AvgIpc) is 1.98. The molecule has 0 fully saturated rings. The first-order valence-electron chi connectivity index (χ1n) is 4.01. The zero-order valence-corrected chi connectivity index (χ0v) is 7.41. The third kappa shape index (κ3) is 3.49. The Hall–Kier alpha value is -0.520. The normalized spacial score (nSPS) is 12.7. The summed E-state index contributed by atoms with van der Waals surface area (Å²) >= 11 is 0. The summed E-state index contributed by atoms with van der Waals surface area (Å²) in [6, 6.07) is 0. The van der Waals surface area contributed by atoms with Gasteiger partial charge in [-0.1, -0.05) is 37.1 Å². The van der Waals surface area contributed by atoms with Crippen LogP contribution in [0, 0.1) is 0 Å². The van der Waals surface area contributed by atoms with Crippen LogP contribution in [0.2, 0.25) is 0 Å². The lowest BCUT2D eigenvalue weighted by Gasteiger charge is -2.01. The second kappa shape index (κ2) is 5.28. The summed E-state index contributed by atoms with van der Waals surface area (Å²) in [4.78, 5) is 0. The molecule has 0 rings (SSSR count). The molecule has 0 aliphatic heterocycles. The van der Waals surface area contributed by atoms with Crippen LogP contribution in [-0.2, 0) is 0 Å². The monoisotopic (exact) mass is 138 g/mol. The predicted octanol–water partition coefficient (Wildman–Crippen LogP) is 3.70. The first-order valence-corrected chi connectivity index (χ1v) is 4.01. The smallest absolute Gasteiger partial charge is 0.0317 e. The minimum atomic E-state index is 1.23. The van der Waals surface area contributed by atoms with Crippen molar-refractivity contribution in [3.8, 4) is 0 Å². The molecule has 10 heavy (non-hydrogen) atoms. The molecule has 0 aromatic rings. The van der Waals surface area contributed by atoms with Gasteiger partial charge in [-0.05, 0) is 26.7 Å². The summed E-state index contributed by atoms with van der Waals surface area (Å²) < 4.78 is 0. The summed E-state index contributed by atoms with van der Waals surface area (Å²) in [6.45, 7) is 10.3. The lowest BCUT2D eigenvalue weighted by atomic mass is 10.1. The van der Waals surface area contributed by atoms with Crippen LogP contribution in [0.5, 0.6) is 0 Å². The van der Waals surface area contributed by atoms with Crippen LogP contribution in [0.3, 0.4) is 0 Å². The molecule has 0 saturated heterocycles. The lowest BCUT2D eigenvalue weighted by molar-refractivity contribution is 0.783. The van der Waals surface area contributed by atoms with Crippen molar-refractivity contribution in [2.75, 3.05) is 0 Å². The van der Waals surface area contributed by atoms with Gasteiger partial charge in [-0.15, -0.1) is 0 Å². The summed E-state index contributed by atoms with van der Waals surface area (Å²) in [5.41, 5.74) is 2.82. The van der Waals surface area contributed by atoms with E-state index in [1.165, 1.54) is 30.4 Å². The third-order valence-corrected chi connectivity index (χ3v) is 1.88. The number of rotatable bonds is 4. The highest BCUT2D eigenvalue weighted by Gasteiger charge is 1.91. The molecule has 0 heteroatoms. The summed E-state index contributed by atoms with van der Waals surface area (Å²) in [7, 11) is 0. The molecule has 0 spiro atoms. The predicted molar refractivity (Wildman–Crippen MR) is 48.1 cm³/mol. The Kier molecular flexibility index (Phi) is 5.00. The van der Waals surface area contributed by atoms with E-state index >= 15 is 0 Å². The Morgan fingerprint density at radius 3 is 2.40 bits per heavy atom. The van der Waals surface area contributed by atoms with Crippen molar-refractivity contribution in [2.24, 2.45) is 0 Å². The third-order valence-electron chi connectivity index (χ3n) is 1.88. The molecule has 58 valence electrons. The summed E-state index contributed by atoms with van der Waals surface area (Å²) in [6.07, 6.45) is 5.75. The van der Waals surface area contributed by atoms with Crippen LogP contribution in [0.15, 0.2) is 23.8 Å². The summed E-state index contributed by atoms with van der Waals surface area (Å²) in [5, 5.41) is 0. The van der Waals surface area contributed by atoms with Crippen molar-refractivity contribution in [3.63, 3.8) is 0 Å². The van der Waals surface area contributed by atoms with E-state index in [4.69, 9.17) is 0 Å². The average molecular weight is 138 g/mol. The van der Waals surface area contributed by atoms with Gasteiger partial charge in [0, 0.05) is 0 Å². The van der Waals surface area contributed by atoms with Gasteiger partial charge in [0.2, 0.25) is 0 Å². The van der Waals surface area contributed by atoms with Crippen molar-refractivity contribution in [2.45, 2.75) is 40.0 Å². The minimum absolute atomic E-state index is 1.23. The Morgan fingerprint density at radius 1 is 1.40 bits per heavy atom. The topological polar surface area (TPSA) is 0 Å². The largest absolute Gasteiger partial charge is 0.0988 e. The number of unbranched alkanes of at least 4 members (excludes halogenated alkanes) is 1. The van der Waals surface area contributed by atoms with Gasteiger partial charge in [0.05, 0.1) is 0 Å². The Labute approximate surface area is 64.6 Å². The van der Waals surface area contributed by atoms with Gasteiger partial charge in [-0.25, -0.2) is 0 Å². The fourth-order valence-electron chi connectivity index (χ4n) is 0.813. The number of hydrogen-bond acceptors (Lipinski definition) is 0.